The maximum Gasteiger partial charge on any atom is 0.325 e. The van der Waals surface area contributed by atoms with Crippen molar-refractivity contribution in [3.8, 4) is 0 Å². The molecule has 1 aromatic rings. The topological polar surface area (TPSA) is 62.5 Å². The van der Waals surface area contributed by atoms with E-state index >= 15 is 0 Å². The Morgan fingerprint density at radius 3 is 2.83 bits per heavy atom. The molecule has 0 unspecified atom stereocenters. The Labute approximate surface area is 69.6 Å². The van der Waals surface area contributed by atoms with Crippen molar-refractivity contribution in [3.05, 3.63) is 30.1 Å². The number of pyridine rings is 1. The van der Waals surface area contributed by atoms with Crippen molar-refractivity contribution < 1.29 is 9.90 Å². The van der Waals surface area contributed by atoms with E-state index in [1.807, 2.05) is 0 Å². The summed E-state index contributed by atoms with van der Waals surface area (Å²) in [6.07, 6.45) is 4.76. The van der Waals surface area contributed by atoms with Gasteiger partial charge in [0.1, 0.15) is 6.54 Å². The predicted octanol–water partition coefficient (Wildman–Crippen LogP) is 0.585. The highest BCUT2D eigenvalue weighted by atomic mass is 16.4. The van der Waals surface area contributed by atoms with E-state index in [0.29, 0.717) is 0 Å². The summed E-state index contributed by atoms with van der Waals surface area (Å²) in [6, 6.07) is 3.51. The van der Waals surface area contributed by atoms with Crippen LogP contribution in [0.4, 0.5) is 0 Å². The van der Waals surface area contributed by atoms with Crippen LogP contribution in [0.25, 0.3) is 0 Å². The molecule has 1 aromatic heterocycles. The summed E-state index contributed by atoms with van der Waals surface area (Å²) in [5.41, 5.74) is 0.853. The lowest BCUT2D eigenvalue weighted by Crippen LogP contribution is -1.99. The Morgan fingerprint density at radius 1 is 1.58 bits per heavy atom. The van der Waals surface area contributed by atoms with E-state index in [1.165, 1.54) is 6.21 Å². The van der Waals surface area contributed by atoms with Crippen molar-refractivity contribution in [1.82, 2.24) is 4.98 Å². The lowest BCUT2D eigenvalue weighted by atomic mass is 10.3. The number of carbonyl (C=O) groups is 1. The van der Waals surface area contributed by atoms with Crippen molar-refractivity contribution in [1.29, 1.82) is 0 Å². The lowest BCUT2D eigenvalue weighted by Gasteiger charge is -1.88. The van der Waals surface area contributed by atoms with Crippen LogP contribution in [0.3, 0.4) is 0 Å². The monoisotopic (exact) mass is 164 g/mol. The fourth-order valence-corrected chi connectivity index (χ4v) is 0.679. The number of nitrogens with zero attached hydrogens (tertiary/aromatic N) is 2. The number of carboxylic acids is 1. The second-order valence-electron chi connectivity index (χ2n) is 2.14. The first-order valence-electron chi connectivity index (χ1n) is 3.40. The van der Waals surface area contributed by atoms with Gasteiger partial charge >= 0.3 is 5.97 Å². The van der Waals surface area contributed by atoms with Crippen LogP contribution >= 0.6 is 0 Å². The zero-order valence-corrected chi connectivity index (χ0v) is 6.34. The molecule has 0 saturated heterocycles. The van der Waals surface area contributed by atoms with Gasteiger partial charge in [0.25, 0.3) is 0 Å². The fourth-order valence-electron chi connectivity index (χ4n) is 0.679. The zero-order chi connectivity index (χ0) is 8.81. The van der Waals surface area contributed by atoms with E-state index in [0.717, 1.165) is 5.56 Å². The van der Waals surface area contributed by atoms with Crippen molar-refractivity contribution in [2.24, 2.45) is 4.99 Å². The van der Waals surface area contributed by atoms with E-state index in [2.05, 4.69) is 9.98 Å². The van der Waals surface area contributed by atoms with E-state index in [-0.39, 0.29) is 6.54 Å². The Kier molecular flexibility index (Phi) is 2.95. The Balaban J connectivity index is 2.52. The Hall–Kier alpha value is -1.71. The summed E-state index contributed by atoms with van der Waals surface area (Å²) in [7, 11) is 0. The van der Waals surface area contributed by atoms with Gasteiger partial charge in [-0.25, -0.2) is 0 Å². The molecule has 12 heavy (non-hydrogen) atoms. The molecule has 0 aliphatic heterocycles. The second-order valence-corrected chi connectivity index (χ2v) is 2.14. The van der Waals surface area contributed by atoms with E-state index in [9.17, 15) is 4.79 Å². The molecule has 0 aliphatic rings. The molecule has 1 heterocycles. The average molecular weight is 164 g/mol. The number of aliphatic imine (C=N–C) groups is 1. The highest BCUT2D eigenvalue weighted by molar-refractivity contribution is 5.81. The van der Waals surface area contributed by atoms with Crippen LogP contribution in [0, 0.1) is 0 Å². The number of hydrogen-bond donors (Lipinski definition) is 1. The maximum atomic E-state index is 10.1. The first-order valence-corrected chi connectivity index (χ1v) is 3.40. The third-order valence-corrected chi connectivity index (χ3v) is 1.17. The number of carboxylic acid groups (broad SMARTS) is 1. The third-order valence-electron chi connectivity index (χ3n) is 1.17. The minimum atomic E-state index is -0.930. The van der Waals surface area contributed by atoms with Gasteiger partial charge in [-0.1, -0.05) is 0 Å². The standard InChI is InChI=1S/C8H8N2O2/c11-8(12)6-10-5-7-1-3-9-4-2-7/h1-5H,6H2,(H,11,12). The number of aliphatic carboxylic acids is 1. The number of hydrogen-bond acceptors (Lipinski definition) is 3. The molecule has 0 aliphatic carbocycles. The summed E-state index contributed by atoms with van der Waals surface area (Å²) < 4.78 is 0. The van der Waals surface area contributed by atoms with Gasteiger partial charge in [0.2, 0.25) is 0 Å². The SMILES string of the molecule is O=C(O)CN=Cc1ccncc1. The molecule has 4 heteroatoms. The average Bonchev–Trinajstić information content (AvgIpc) is 2.05. The van der Waals surface area contributed by atoms with Crippen LogP contribution < -0.4 is 0 Å². The van der Waals surface area contributed by atoms with Crippen LogP contribution in [-0.4, -0.2) is 28.8 Å². The molecule has 4 nitrogen and oxygen atoms in total. The van der Waals surface area contributed by atoms with Crippen LogP contribution in [0.15, 0.2) is 29.5 Å². The minimum absolute atomic E-state index is 0.192. The second kappa shape index (κ2) is 4.23. The first kappa shape index (κ1) is 8.39. The lowest BCUT2D eigenvalue weighted by molar-refractivity contribution is -0.135. The van der Waals surface area contributed by atoms with Crippen molar-refractivity contribution in [2.75, 3.05) is 6.54 Å². The summed E-state index contributed by atoms with van der Waals surface area (Å²) >= 11 is 0. The molecule has 1 N–H and O–H groups in total. The van der Waals surface area contributed by atoms with Crippen molar-refractivity contribution in [3.63, 3.8) is 0 Å². The maximum absolute atomic E-state index is 10.1. The van der Waals surface area contributed by atoms with E-state index in [4.69, 9.17) is 5.11 Å². The highest BCUT2D eigenvalue weighted by Crippen LogP contribution is 1.90. The van der Waals surface area contributed by atoms with Gasteiger partial charge in [-0.2, -0.15) is 0 Å². The third kappa shape index (κ3) is 2.92. The molecular weight excluding hydrogens is 156 g/mol. The normalized spacial score (nSPS) is 10.3. The molecule has 0 bridgehead atoms. The van der Waals surface area contributed by atoms with E-state index < -0.39 is 5.97 Å². The molecule has 0 fully saturated rings. The fraction of sp³-hybridized carbons (Fsp3) is 0.125. The molecule has 0 atom stereocenters. The molecule has 0 radical (unpaired) electrons. The summed E-state index contributed by atoms with van der Waals surface area (Å²) in [6.45, 7) is -0.192. The van der Waals surface area contributed by atoms with Gasteiger partial charge < -0.3 is 5.11 Å². The van der Waals surface area contributed by atoms with Gasteiger partial charge in [-0.3, -0.25) is 14.8 Å². The van der Waals surface area contributed by atoms with Crippen LogP contribution in [0.5, 0.6) is 0 Å². The van der Waals surface area contributed by atoms with E-state index in [1.54, 1.807) is 24.5 Å². The van der Waals surface area contributed by atoms with Gasteiger partial charge in [0.15, 0.2) is 0 Å². The summed E-state index contributed by atoms with van der Waals surface area (Å²) in [5.74, 6) is -0.930. The predicted molar refractivity (Wildman–Crippen MR) is 44.3 cm³/mol. The minimum Gasteiger partial charge on any atom is -0.480 e. The number of aromatic nitrogens is 1. The molecule has 0 amide bonds. The first-order chi connectivity index (χ1) is 5.79. The molecule has 62 valence electrons. The Bertz CT molecular complexity index is 282. The van der Waals surface area contributed by atoms with Gasteiger partial charge in [0.05, 0.1) is 0 Å². The molecular formula is C8H8N2O2. The van der Waals surface area contributed by atoms with Crippen LogP contribution in [0.1, 0.15) is 5.56 Å². The summed E-state index contributed by atoms with van der Waals surface area (Å²) in [5, 5.41) is 8.27. The molecule has 0 aromatic carbocycles. The van der Waals surface area contributed by atoms with Gasteiger partial charge in [0, 0.05) is 18.6 Å². The Morgan fingerprint density at radius 2 is 2.25 bits per heavy atom. The molecule has 0 saturated carbocycles. The van der Waals surface area contributed by atoms with Gasteiger partial charge in [-0.15, -0.1) is 0 Å². The smallest absolute Gasteiger partial charge is 0.325 e. The largest absolute Gasteiger partial charge is 0.480 e. The molecule has 1 rings (SSSR count). The van der Waals surface area contributed by atoms with Crippen molar-refractivity contribution >= 4 is 12.2 Å². The highest BCUT2D eigenvalue weighted by Gasteiger charge is 1.90. The van der Waals surface area contributed by atoms with Crippen molar-refractivity contribution in [2.45, 2.75) is 0 Å². The quantitative estimate of drug-likeness (QED) is 0.665. The van der Waals surface area contributed by atoms with Crippen LogP contribution in [0.2, 0.25) is 0 Å². The molecule has 0 spiro atoms. The number of rotatable bonds is 3. The summed E-state index contributed by atoms with van der Waals surface area (Å²) in [4.78, 5) is 17.6. The van der Waals surface area contributed by atoms with Gasteiger partial charge in [-0.05, 0) is 17.7 Å². The zero-order valence-electron chi connectivity index (χ0n) is 6.34. The van der Waals surface area contributed by atoms with Crippen LogP contribution in [-0.2, 0) is 4.79 Å².